The predicted molar refractivity (Wildman–Crippen MR) is 162 cm³/mol. The summed E-state index contributed by atoms with van der Waals surface area (Å²) in [6, 6.07) is 17.4. The van der Waals surface area contributed by atoms with E-state index in [2.05, 4.69) is 34.2 Å². The van der Waals surface area contributed by atoms with Crippen molar-refractivity contribution in [2.75, 3.05) is 29.1 Å². The zero-order valence-electron chi connectivity index (χ0n) is 23.8. The molecule has 0 spiro atoms. The summed E-state index contributed by atoms with van der Waals surface area (Å²) in [5.74, 6) is -0.405. The lowest BCUT2D eigenvalue weighted by Crippen LogP contribution is -2.32. The van der Waals surface area contributed by atoms with E-state index in [1.165, 1.54) is 28.8 Å². The fraction of sp³-hybridized carbons (Fsp3) is 0.290. The SMILES string of the molecule is Cc1ccc(C(C)C)c(N2C(=O)CS/C2=N\C(=O)NCCc2ccc(NCC(=O)c3ccc(OC(F)(F)F)cc3)cc2)c1. The average molecular weight is 613 g/mol. The van der Waals surface area contributed by atoms with Crippen LogP contribution < -0.4 is 20.3 Å². The molecule has 1 saturated heterocycles. The van der Waals surface area contributed by atoms with E-state index in [1.54, 1.807) is 12.1 Å². The van der Waals surface area contributed by atoms with Gasteiger partial charge in [0.25, 0.3) is 0 Å². The second-order valence-electron chi connectivity index (χ2n) is 10.2. The summed E-state index contributed by atoms with van der Waals surface area (Å²) in [6.45, 7) is 6.34. The van der Waals surface area contributed by atoms with E-state index < -0.39 is 18.1 Å². The molecular formula is C31H31F3N4O4S. The van der Waals surface area contributed by atoms with Gasteiger partial charge in [-0.2, -0.15) is 4.99 Å². The van der Waals surface area contributed by atoms with Gasteiger partial charge < -0.3 is 15.4 Å². The number of halogens is 3. The second kappa shape index (κ2) is 13.8. The molecule has 0 aliphatic carbocycles. The number of carbonyl (C=O) groups is 3. The third kappa shape index (κ3) is 8.84. The van der Waals surface area contributed by atoms with Crippen LogP contribution in [0.25, 0.3) is 0 Å². The fourth-order valence-corrected chi connectivity index (χ4v) is 5.23. The van der Waals surface area contributed by atoms with Gasteiger partial charge in [-0.25, -0.2) is 4.79 Å². The zero-order valence-corrected chi connectivity index (χ0v) is 24.6. The third-order valence-corrected chi connectivity index (χ3v) is 7.44. The van der Waals surface area contributed by atoms with E-state index in [-0.39, 0.29) is 35.5 Å². The summed E-state index contributed by atoms with van der Waals surface area (Å²) in [4.78, 5) is 43.4. The molecule has 0 unspecified atom stereocenters. The summed E-state index contributed by atoms with van der Waals surface area (Å²) >= 11 is 1.24. The van der Waals surface area contributed by atoms with Crippen molar-refractivity contribution in [3.63, 3.8) is 0 Å². The average Bonchev–Trinajstić information content (AvgIpc) is 3.30. The first-order chi connectivity index (χ1) is 20.4. The van der Waals surface area contributed by atoms with Crippen LogP contribution in [0.5, 0.6) is 5.75 Å². The molecule has 12 heteroatoms. The molecule has 8 nitrogen and oxygen atoms in total. The maximum absolute atomic E-state index is 12.7. The molecule has 0 bridgehead atoms. The van der Waals surface area contributed by atoms with Gasteiger partial charge in [0.15, 0.2) is 11.0 Å². The van der Waals surface area contributed by atoms with Gasteiger partial charge in [-0.3, -0.25) is 14.5 Å². The first-order valence-corrected chi connectivity index (χ1v) is 14.5. The number of urea groups is 1. The van der Waals surface area contributed by atoms with Crippen molar-refractivity contribution in [3.8, 4) is 5.75 Å². The normalized spacial score (nSPS) is 14.3. The fourth-order valence-electron chi connectivity index (χ4n) is 4.37. The van der Waals surface area contributed by atoms with Crippen molar-refractivity contribution in [2.45, 2.75) is 39.5 Å². The van der Waals surface area contributed by atoms with Crippen LogP contribution in [0.4, 0.5) is 29.3 Å². The van der Waals surface area contributed by atoms with Crippen molar-refractivity contribution >= 4 is 46.0 Å². The minimum absolute atomic E-state index is 0.0477. The molecule has 3 aromatic rings. The summed E-state index contributed by atoms with van der Waals surface area (Å²) in [7, 11) is 0. The third-order valence-electron chi connectivity index (χ3n) is 6.52. The summed E-state index contributed by atoms with van der Waals surface area (Å²) < 4.78 is 40.7. The number of amides is 3. The number of hydrogen-bond donors (Lipinski definition) is 2. The molecule has 0 aromatic heterocycles. The Bertz CT molecular complexity index is 1510. The number of carbonyl (C=O) groups excluding carboxylic acids is 3. The maximum atomic E-state index is 12.7. The van der Waals surface area contributed by atoms with Crippen LogP contribution in [0.15, 0.2) is 71.7 Å². The number of ketones is 1. The number of rotatable bonds is 10. The molecule has 1 fully saturated rings. The number of aryl methyl sites for hydroxylation is 1. The van der Waals surface area contributed by atoms with Crippen molar-refractivity contribution in [3.05, 3.63) is 89.0 Å². The minimum Gasteiger partial charge on any atom is -0.406 e. The van der Waals surface area contributed by atoms with E-state index in [1.807, 2.05) is 37.3 Å². The quantitative estimate of drug-likeness (QED) is 0.247. The molecule has 4 rings (SSSR count). The van der Waals surface area contributed by atoms with Crippen LogP contribution >= 0.6 is 11.8 Å². The standard InChI is InChI=1S/C31H31F3N4O4S/c1-19(2)25-13-4-20(3)16-26(25)38-28(40)18-43-30(38)37-29(41)35-15-14-21-5-9-23(10-6-21)36-17-27(39)22-7-11-24(12-8-22)42-31(32,33)34/h4-13,16,19,36H,14-15,17-18H2,1-3H3,(H,35,41)/b37-30-. The molecule has 1 aliphatic rings. The number of nitrogens with one attached hydrogen (secondary N) is 2. The number of alkyl halides is 3. The molecule has 0 atom stereocenters. The van der Waals surface area contributed by atoms with Gasteiger partial charge in [0.05, 0.1) is 18.0 Å². The molecule has 1 aliphatic heterocycles. The van der Waals surface area contributed by atoms with Gasteiger partial charge in [0.1, 0.15) is 5.75 Å². The van der Waals surface area contributed by atoms with Gasteiger partial charge in [0.2, 0.25) is 5.91 Å². The van der Waals surface area contributed by atoms with E-state index >= 15 is 0 Å². The van der Waals surface area contributed by atoms with Crippen molar-refractivity contribution < 1.29 is 32.3 Å². The van der Waals surface area contributed by atoms with E-state index in [0.717, 1.165) is 34.5 Å². The Morgan fingerprint density at radius 1 is 1.05 bits per heavy atom. The Labute approximate surface area is 251 Å². The lowest BCUT2D eigenvalue weighted by molar-refractivity contribution is -0.274. The van der Waals surface area contributed by atoms with Crippen LogP contribution in [-0.4, -0.2) is 48.1 Å². The predicted octanol–water partition coefficient (Wildman–Crippen LogP) is 6.70. The molecular weight excluding hydrogens is 581 g/mol. The highest BCUT2D eigenvalue weighted by Gasteiger charge is 2.33. The van der Waals surface area contributed by atoms with Crippen molar-refractivity contribution in [1.82, 2.24) is 5.32 Å². The number of anilines is 2. The van der Waals surface area contributed by atoms with Gasteiger partial charge in [-0.1, -0.05) is 49.9 Å². The number of nitrogens with zero attached hydrogens (tertiary/aromatic N) is 2. The van der Waals surface area contributed by atoms with Crippen LogP contribution in [-0.2, 0) is 11.2 Å². The smallest absolute Gasteiger partial charge is 0.406 e. The number of thioether (sulfide) groups is 1. The minimum atomic E-state index is -4.79. The maximum Gasteiger partial charge on any atom is 0.573 e. The highest BCUT2D eigenvalue weighted by molar-refractivity contribution is 8.15. The van der Waals surface area contributed by atoms with E-state index in [0.29, 0.717) is 23.8 Å². The molecule has 1 heterocycles. The Balaban J connectivity index is 1.27. The van der Waals surface area contributed by atoms with Gasteiger partial charge >= 0.3 is 12.4 Å². The largest absolute Gasteiger partial charge is 0.573 e. The molecule has 3 amide bonds. The Kier molecular flexibility index (Phi) is 10.1. The lowest BCUT2D eigenvalue weighted by Gasteiger charge is -2.22. The first kappa shape index (κ1) is 31.6. The lowest BCUT2D eigenvalue weighted by atomic mass is 9.99. The number of aliphatic imine (C=N–C) groups is 1. The molecule has 0 saturated carbocycles. The van der Waals surface area contributed by atoms with Gasteiger partial charge in [0, 0.05) is 17.8 Å². The number of Topliss-reactive ketones (excluding diaryl/α,β-unsaturated/α-hetero) is 1. The summed E-state index contributed by atoms with van der Waals surface area (Å²) in [5, 5.41) is 6.12. The topological polar surface area (TPSA) is 100 Å². The Morgan fingerprint density at radius 2 is 1.74 bits per heavy atom. The van der Waals surface area contributed by atoms with Gasteiger partial charge in [-0.15, -0.1) is 13.2 Å². The van der Waals surface area contributed by atoms with Crippen molar-refractivity contribution in [1.29, 1.82) is 0 Å². The van der Waals surface area contributed by atoms with Crippen LogP contribution in [0.2, 0.25) is 0 Å². The summed E-state index contributed by atoms with van der Waals surface area (Å²) in [6.07, 6.45) is -4.26. The highest BCUT2D eigenvalue weighted by Crippen LogP contribution is 2.34. The van der Waals surface area contributed by atoms with Gasteiger partial charge in [-0.05, 0) is 78.4 Å². The first-order valence-electron chi connectivity index (χ1n) is 13.5. The second-order valence-corrected chi connectivity index (χ2v) is 11.1. The van der Waals surface area contributed by atoms with E-state index in [9.17, 15) is 27.6 Å². The number of hydrogen-bond acceptors (Lipinski definition) is 6. The summed E-state index contributed by atoms with van der Waals surface area (Å²) in [5.41, 5.74) is 4.64. The molecule has 3 aromatic carbocycles. The highest BCUT2D eigenvalue weighted by atomic mass is 32.2. The number of ether oxygens (including phenoxy) is 1. The van der Waals surface area contributed by atoms with Crippen LogP contribution in [0.3, 0.4) is 0 Å². The molecule has 226 valence electrons. The molecule has 43 heavy (non-hydrogen) atoms. The Morgan fingerprint density at radius 3 is 2.40 bits per heavy atom. The zero-order chi connectivity index (χ0) is 31.1. The van der Waals surface area contributed by atoms with E-state index in [4.69, 9.17) is 0 Å². The Hall–Kier alpha value is -4.32. The number of amidine groups is 1. The monoisotopic (exact) mass is 612 g/mol. The van der Waals surface area contributed by atoms with Crippen LogP contribution in [0, 0.1) is 6.92 Å². The molecule has 2 N–H and O–H groups in total. The molecule has 0 radical (unpaired) electrons. The number of benzene rings is 3. The van der Waals surface area contributed by atoms with Crippen LogP contribution in [0.1, 0.15) is 46.8 Å². The van der Waals surface area contributed by atoms with Crippen molar-refractivity contribution in [2.24, 2.45) is 4.99 Å².